The predicted octanol–water partition coefficient (Wildman–Crippen LogP) is 2.01. The molecule has 0 unspecified atom stereocenters. The lowest BCUT2D eigenvalue weighted by molar-refractivity contribution is -0.175. The van der Waals surface area contributed by atoms with Crippen molar-refractivity contribution in [3.05, 3.63) is 34.9 Å². The van der Waals surface area contributed by atoms with Gasteiger partial charge in [0.05, 0.1) is 0 Å². The van der Waals surface area contributed by atoms with Crippen molar-refractivity contribution in [3.63, 3.8) is 0 Å². The van der Waals surface area contributed by atoms with E-state index in [2.05, 4.69) is 0 Å². The summed E-state index contributed by atoms with van der Waals surface area (Å²) < 4.78 is 36.1. The summed E-state index contributed by atoms with van der Waals surface area (Å²) in [4.78, 5) is 21.5. The number of carboxylic acids is 1. The van der Waals surface area contributed by atoms with Crippen molar-refractivity contribution in [1.82, 2.24) is 5.32 Å². The van der Waals surface area contributed by atoms with E-state index in [1.54, 1.807) is 0 Å². The van der Waals surface area contributed by atoms with Crippen LogP contribution in [0.4, 0.5) is 13.2 Å². The summed E-state index contributed by atoms with van der Waals surface area (Å²) in [5.74, 6) is -3.83. The van der Waals surface area contributed by atoms with Crippen molar-refractivity contribution >= 4 is 23.5 Å². The number of carbonyl (C=O) groups excluding carboxylic acids is 1. The highest BCUT2D eigenvalue weighted by Gasteiger charge is 2.40. The molecule has 0 aliphatic carbocycles. The first kappa shape index (κ1) is 15.3. The fourth-order valence-corrected chi connectivity index (χ4v) is 1.42. The first-order chi connectivity index (χ1) is 8.70. The third kappa shape index (κ3) is 4.78. The lowest BCUT2D eigenvalue weighted by Gasteiger charge is -2.15. The summed E-state index contributed by atoms with van der Waals surface area (Å²) >= 11 is 5.62. The van der Waals surface area contributed by atoms with Crippen LogP contribution in [-0.2, 0) is 16.0 Å². The molecule has 1 atom stereocenters. The van der Waals surface area contributed by atoms with Gasteiger partial charge in [0.15, 0.2) is 0 Å². The topological polar surface area (TPSA) is 66.4 Å². The molecule has 2 N–H and O–H groups in total. The number of amides is 1. The Balaban J connectivity index is 2.77. The Labute approximate surface area is 111 Å². The van der Waals surface area contributed by atoms with Gasteiger partial charge in [-0.15, -0.1) is 0 Å². The highest BCUT2D eigenvalue weighted by atomic mass is 35.5. The molecule has 19 heavy (non-hydrogen) atoms. The number of hydrogen-bond acceptors (Lipinski definition) is 2. The van der Waals surface area contributed by atoms with E-state index >= 15 is 0 Å². The molecule has 0 saturated heterocycles. The molecule has 1 aromatic carbocycles. The summed E-state index contributed by atoms with van der Waals surface area (Å²) in [6.45, 7) is 0. The van der Waals surface area contributed by atoms with Gasteiger partial charge in [0.1, 0.15) is 6.04 Å². The zero-order chi connectivity index (χ0) is 14.6. The number of aliphatic carboxylic acids is 1. The number of nitrogens with one attached hydrogen (secondary N) is 1. The van der Waals surface area contributed by atoms with Crippen LogP contribution in [0.5, 0.6) is 0 Å². The van der Waals surface area contributed by atoms with Crippen molar-refractivity contribution in [1.29, 1.82) is 0 Å². The maximum atomic E-state index is 12.0. The largest absolute Gasteiger partial charge is 0.480 e. The summed E-state index contributed by atoms with van der Waals surface area (Å²) in [6.07, 6.45) is -5.39. The SMILES string of the molecule is O=C(O)[C@H](Cc1ccc(Cl)cc1)NC(=O)C(F)(F)F. The third-order valence-corrected chi connectivity index (χ3v) is 2.47. The molecular formula is C11H9ClF3NO3. The minimum atomic E-state index is -5.12. The summed E-state index contributed by atoms with van der Waals surface area (Å²) in [6, 6.07) is 4.23. The van der Waals surface area contributed by atoms with Gasteiger partial charge >= 0.3 is 18.1 Å². The van der Waals surface area contributed by atoms with E-state index in [0.29, 0.717) is 10.6 Å². The van der Waals surface area contributed by atoms with Gasteiger partial charge in [0.2, 0.25) is 0 Å². The zero-order valence-electron chi connectivity index (χ0n) is 9.37. The van der Waals surface area contributed by atoms with Crippen LogP contribution in [0, 0.1) is 0 Å². The van der Waals surface area contributed by atoms with Gasteiger partial charge in [-0.1, -0.05) is 23.7 Å². The normalized spacial score (nSPS) is 12.8. The molecule has 0 radical (unpaired) electrons. The van der Waals surface area contributed by atoms with Crippen molar-refractivity contribution < 1.29 is 27.9 Å². The number of carboxylic acid groups (broad SMARTS) is 1. The maximum absolute atomic E-state index is 12.0. The number of rotatable bonds is 4. The molecule has 1 aromatic rings. The Morgan fingerprint density at radius 2 is 1.79 bits per heavy atom. The van der Waals surface area contributed by atoms with E-state index in [9.17, 15) is 22.8 Å². The molecular weight excluding hydrogens is 287 g/mol. The molecule has 0 aliphatic rings. The lowest BCUT2D eigenvalue weighted by Crippen LogP contribution is -2.47. The van der Waals surface area contributed by atoms with Crippen LogP contribution in [0.25, 0.3) is 0 Å². The van der Waals surface area contributed by atoms with Crippen LogP contribution in [0.1, 0.15) is 5.56 Å². The third-order valence-electron chi connectivity index (χ3n) is 2.21. The van der Waals surface area contributed by atoms with E-state index < -0.39 is 24.1 Å². The number of halogens is 4. The number of carbonyl (C=O) groups is 2. The molecule has 0 spiro atoms. The molecule has 0 saturated carbocycles. The molecule has 4 nitrogen and oxygen atoms in total. The smallest absolute Gasteiger partial charge is 0.471 e. The van der Waals surface area contributed by atoms with Crippen LogP contribution >= 0.6 is 11.6 Å². The van der Waals surface area contributed by atoms with Gasteiger partial charge in [-0.3, -0.25) is 4.79 Å². The second-order valence-corrected chi connectivity index (χ2v) is 4.13. The lowest BCUT2D eigenvalue weighted by atomic mass is 10.1. The summed E-state index contributed by atoms with van der Waals surface area (Å²) in [5.41, 5.74) is 0.444. The van der Waals surface area contributed by atoms with Crippen LogP contribution in [0.2, 0.25) is 5.02 Å². The van der Waals surface area contributed by atoms with Gasteiger partial charge in [-0.05, 0) is 17.7 Å². The standard InChI is InChI=1S/C11H9ClF3NO3/c12-7-3-1-6(2-4-7)5-8(9(17)18)16-10(19)11(13,14)15/h1-4,8H,5H2,(H,16,19)(H,17,18)/t8-/m0/s1. The second kappa shape index (κ2) is 5.92. The number of alkyl halides is 3. The van der Waals surface area contributed by atoms with Crippen molar-refractivity contribution in [2.45, 2.75) is 18.6 Å². The highest BCUT2D eigenvalue weighted by molar-refractivity contribution is 6.30. The quantitative estimate of drug-likeness (QED) is 0.893. The predicted molar refractivity (Wildman–Crippen MR) is 60.8 cm³/mol. The fourth-order valence-electron chi connectivity index (χ4n) is 1.30. The molecule has 0 aliphatic heterocycles. The molecule has 0 fully saturated rings. The molecule has 0 heterocycles. The van der Waals surface area contributed by atoms with Gasteiger partial charge in [0, 0.05) is 11.4 Å². The first-order valence-electron chi connectivity index (χ1n) is 5.05. The van der Waals surface area contributed by atoms with Crippen molar-refractivity contribution in [2.75, 3.05) is 0 Å². The Kier molecular flexibility index (Phi) is 4.77. The van der Waals surface area contributed by atoms with E-state index in [-0.39, 0.29) is 6.42 Å². The molecule has 1 rings (SSSR count). The zero-order valence-corrected chi connectivity index (χ0v) is 10.1. The Morgan fingerprint density at radius 3 is 2.21 bits per heavy atom. The number of benzene rings is 1. The maximum Gasteiger partial charge on any atom is 0.471 e. The number of hydrogen-bond donors (Lipinski definition) is 2. The van der Waals surface area contributed by atoms with Crippen LogP contribution in [0.15, 0.2) is 24.3 Å². The average molecular weight is 296 g/mol. The average Bonchev–Trinajstić information content (AvgIpc) is 2.29. The van der Waals surface area contributed by atoms with Crippen molar-refractivity contribution in [2.24, 2.45) is 0 Å². The Morgan fingerprint density at radius 1 is 1.26 bits per heavy atom. The second-order valence-electron chi connectivity index (χ2n) is 3.69. The molecule has 1 amide bonds. The summed E-state index contributed by atoms with van der Waals surface area (Å²) in [5, 5.41) is 10.6. The van der Waals surface area contributed by atoms with Gasteiger partial charge < -0.3 is 10.4 Å². The summed E-state index contributed by atoms with van der Waals surface area (Å²) in [7, 11) is 0. The molecule has 104 valence electrons. The van der Waals surface area contributed by atoms with E-state index in [4.69, 9.17) is 16.7 Å². The van der Waals surface area contributed by atoms with E-state index in [1.807, 2.05) is 0 Å². The van der Waals surface area contributed by atoms with E-state index in [0.717, 1.165) is 0 Å². The Hall–Kier alpha value is -1.76. The highest BCUT2D eigenvalue weighted by Crippen LogP contribution is 2.16. The monoisotopic (exact) mass is 295 g/mol. The van der Waals surface area contributed by atoms with Crippen LogP contribution in [-0.4, -0.2) is 29.2 Å². The molecule has 0 bridgehead atoms. The fraction of sp³-hybridized carbons (Fsp3) is 0.273. The Bertz CT molecular complexity index is 473. The first-order valence-corrected chi connectivity index (χ1v) is 5.43. The van der Waals surface area contributed by atoms with Crippen LogP contribution in [0.3, 0.4) is 0 Å². The van der Waals surface area contributed by atoms with Gasteiger partial charge in [0.25, 0.3) is 0 Å². The van der Waals surface area contributed by atoms with Crippen molar-refractivity contribution in [3.8, 4) is 0 Å². The molecule has 0 aromatic heterocycles. The molecule has 8 heteroatoms. The minimum Gasteiger partial charge on any atom is -0.480 e. The van der Waals surface area contributed by atoms with E-state index in [1.165, 1.54) is 29.6 Å². The van der Waals surface area contributed by atoms with Gasteiger partial charge in [-0.2, -0.15) is 13.2 Å². The minimum absolute atomic E-state index is 0.270. The van der Waals surface area contributed by atoms with Crippen LogP contribution < -0.4 is 5.32 Å². The van der Waals surface area contributed by atoms with Gasteiger partial charge in [-0.25, -0.2) is 4.79 Å².